The number of hydrogen-bond acceptors (Lipinski definition) is 4. The molecule has 0 aromatic carbocycles. The lowest BCUT2D eigenvalue weighted by Gasteiger charge is -2.31. The van der Waals surface area contributed by atoms with Crippen molar-refractivity contribution in [2.75, 3.05) is 18.8 Å². The SMILES string of the molecule is Cc1ccc(C(=O)N2CCC(n3ccc(N)n3)CC2)o1. The fourth-order valence-electron chi connectivity index (χ4n) is 2.59. The molecule has 1 aliphatic heterocycles. The Morgan fingerprint density at radius 3 is 2.65 bits per heavy atom. The van der Waals surface area contributed by atoms with E-state index in [0.29, 0.717) is 30.7 Å². The lowest BCUT2D eigenvalue weighted by molar-refractivity contribution is 0.0656. The van der Waals surface area contributed by atoms with E-state index in [1.807, 2.05) is 28.8 Å². The predicted octanol–water partition coefficient (Wildman–Crippen LogP) is 1.84. The number of hydrogen-bond donors (Lipinski definition) is 1. The molecule has 106 valence electrons. The summed E-state index contributed by atoms with van der Waals surface area (Å²) < 4.78 is 7.29. The zero-order valence-electron chi connectivity index (χ0n) is 11.5. The molecule has 0 spiro atoms. The molecule has 20 heavy (non-hydrogen) atoms. The van der Waals surface area contributed by atoms with Gasteiger partial charge in [0.1, 0.15) is 11.6 Å². The summed E-state index contributed by atoms with van der Waals surface area (Å²) in [6.07, 6.45) is 3.66. The van der Waals surface area contributed by atoms with Crippen LogP contribution < -0.4 is 5.73 Å². The van der Waals surface area contributed by atoms with Gasteiger partial charge in [-0.25, -0.2) is 0 Å². The highest BCUT2D eigenvalue weighted by molar-refractivity contribution is 5.91. The van der Waals surface area contributed by atoms with Gasteiger partial charge in [-0.2, -0.15) is 5.10 Å². The number of carbonyl (C=O) groups excluding carboxylic acids is 1. The van der Waals surface area contributed by atoms with Crippen molar-refractivity contribution in [1.82, 2.24) is 14.7 Å². The van der Waals surface area contributed by atoms with E-state index < -0.39 is 0 Å². The number of aryl methyl sites for hydroxylation is 1. The Labute approximate surface area is 117 Å². The number of nitrogens with zero attached hydrogens (tertiary/aromatic N) is 3. The number of rotatable bonds is 2. The van der Waals surface area contributed by atoms with E-state index in [2.05, 4.69) is 5.10 Å². The number of nitrogens with two attached hydrogens (primary N) is 1. The maximum atomic E-state index is 12.3. The number of furan rings is 1. The van der Waals surface area contributed by atoms with Crippen molar-refractivity contribution in [2.45, 2.75) is 25.8 Å². The Morgan fingerprint density at radius 2 is 2.10 bits per heavy atom. The molecule has 2 aromatic rings. The molecule has 0 radical (unpaired) electrons. The number of piperidine rings is 1. The molecule has 6 nitrogen and oxygen atoms in total. The monoisotopic (exact) mass is 274 g/mol. The lowest BCUT2D eigenvalue weighted by Crippen LogP contribution is -2.39. The van der Waals surface area contributed by atoms with Crippen LogP contribution in [0.25, 0.3) is 0 Å². The van der Waals surface area contributed by atoms with Gasteiger partial charge < -0.3 is 15.1 Å². The summed E-state index contributed by atoms with van der Waals surface area (Å²) in [4.78, 5) is 14.1. The van der Waals surface area contributed by atoms with Gasteiger partial charge in [0.2, 0.25) is 0 Å². The third-order valence-corrected chi connectivity index (χ3v) is 3.71. The molecule has 3 heterocycles. The summed E-state index contributed by atoms with van der Waals surface area (Å²) in [7, 11) is 0. The topological polar surface area (TPSA) is 77.3 Å². The van der Waals surface area contributed by atoms with Gasteiger partial charge in [-0.3, -0.25) is 9.48 Å². The van der Waals surface area contributed by atoms with Crippen molar-refractivity contribution in [3.63, 3.8) is 0 Å². The highest BCUT2D eigenvalue weighted by Crippen LogP contribution is 2.23. The average molecular weight is 274 g/mol. The van der Waals surface area contributed by atoms with Gasteiger partial charge in [-0.05, 0) is 38.0 Å². The van der Waals surface area contributed by atoms with E-state index >= 15 is 0 Å². The highest BCUT2D eigenvalue weighted by atomic mass is 16.3. The lowest BCUT2D eigenvalue weighted by atomic mass is 10.1. The predicted molar refractivity (Wildman–Crippen MR) is 74.3 cm³/mol. The molecule has 6 heteroatoms. The molecular formula is C14H18N4O2. The van der Waals surface area contributed by atoms with Gasteiger partial charge in [0.15, 0.2) is 5.76 Å². The first-order valence-electron chi connectivity index (χ1n) is 6.80. The van der Waals surface area contributed by atoms with E-state index in [-0.39, 0.29) is 5.91 Å². The third kappa shape index (κ3) is 2.41. The fraction of sp³-hybridized carbons (Fsp3) is 0.429. The van der Waals surface area contributed by atoms with E-state index in [0.717, 1.165) is 18.6 Å². The molecule has 0 bridgehead atoms. The molecule has 1 saturated heterocycles. The Hall–Kier alpha value is -2.24. The van der Waals surface area contributed by atoms with Gasteiger partial charge in [-0.15, -0.1) is 0 Å². The summed E-state index contributed by atoms with van der Waals surface area (Å²) in [5.74, 6) is 1.69. The van der Waals surface area contributed by atoms with Crippen LogP contribution in [-0.2, 0) is 0 Å². The van der Waals surface area contributed by atoms with Gasteiger partial charge in [-0.1, -0.05) is 0 Å². The van der Waals surface area contributed by atoms with Crippen LogP contribution in [0.5, 0.6) is 0 Å². The molecule has 0 unspecified atom stereocenters. The number of aromatic nitrogens is 2. The molecule has 0 aliphatic carbocycles. The Balaban J connectivity index is 1.62. The van der Waals surface area contributed by atoms with Crippen LogP contribution in [0.2, 0.25) is 0 Å². The summed E-state index contributed by atoms with van der Waals surface area (Å²) in [5.41, 5.74) is 5.63. The Bertz CT molecular complexity index is 608. The zero-order valence-corrected chi connectivity index (χ0v) is 11.5. The first-order valence-corrected chi connectivity index (χ1v) is 6.80. The smallest absolute Gasteiger partial charge is 0.289 e. The van der Waals surface area contributed by atoms with E-state index in [9.17, 15) is 4.79 Å². The number of nitrogen functional groups attached to an aromatic ring is 1. The van der Waals surface area contributed by atoms with Crippen LogP contribution >= 0.6 is 0 Å². The Kier molecular flexibility index (Phi) is 3.22. The largest absolute Gasteiger partial charge is 0.456 e. The highest BCUT2D eigenvalue weighted by Gasteiger charge is 2.26. The fourth-order valence-corrected chi connectivity index (χ4v) is 2.59. The molecule has 2 N–H and O–H groups in total. The minimum Gasteiger partial charge on any atom is -0.456 e. The number of amides is 1. The van der Waals surface area contributed by atoms with Crippen molar-refractivity contribution < 1.29 is 9.21 Å². The van der Waals surface area contributed by atoms with Gasteiger partial charge >= 0.3 is 0 Å². The molecule has 0 saturated carbocycles. The minimum atomic E-state index is -0.0310. The minimum absolute atomic E-state index is 0.0310. The first kappa shape index (κ1) is 12.8. The molecule has 2 aromatic heterocycles. The second-order valence-corrected chi connectivity index (χ2v) is 5.15. The number of carbonyl (C=O) groups is 1. The second-order valence-electron chi connectivity index (χ2n) is 5.15. The quantitative estimate of drug-likeness (QED) is 0.906. The summed E-state index contributed by atoms with van der Waals surface area (Å²) in [5, 5.41) is 4.24. The average Bonchev–Trinajstić information content (AvgIpc) is 3.07. The van der Waals surface area contributed by atoms with Crippen LogP contribution in [0, 0.1) is 6.92 Å². The van der Waals surface area contributed by atoms with Gasteiger partial charge in [0.05, 0.1) is 6.04 Å². The summed E-state index contributed by atoms with van der Waals surface area (Å²) in [6, 6.07) is 5.66. The van der Waals surface area contributed by atoms with Crippen molar-refractivity contribution in [3.05, 3.63) is 35.9 Å². The molecular weight excluding hydrogens is 256 g/mol. The van der Waals surface area contributed by atoms with E-state index in [1.54, 1.807) is 12.1 Å². The Morgan fingerprint density at radius 1 is 1.35 bits per heavy atom. The third-order valence-electron chi connectivity index (χ3n) is 3.71. The summed E-state index contributed by atoms with van der Waals surface area (Å²) in [6.45, 7) is 3.26. The summed E-state index contributed by atoms with van der Waals surface area (Å²) >= 11 is 0. The standard InChI is InChI=1S/C14H18N4O2/c1-10-2-3-12(20-10)14(19)17-7-4-11(5-8-17)18-9-6-13(15)16-18/h2-3,6,9,11H,4-5,7-8H2,1H3,(H2,15,16). The van der Waals surface area contributed by atoms with Crippen molar-refractivity contribution in [1.29, 1.82) is 0 Å². The number of anilines is 1. The molecule has 0 atom stereocenters. The molecule has 1 aliphatic rings. The number of likely N-dealkylation sites (tertiary alicyclic amines) is 1. The van der Waals surface area contributed by atoms with E-state index in [1.165, 1.54) is 0 Å². The second kappa shape index (κ2) is 5.03. The zero-order chi connectivity index (χ0) is 14.1. The maximum Gasteiger partial charge on any atom is 0.289 e. The van der Waals surface area contributed by atoms with Crippen molar-refractivity contribution >= 4 is 11.7 Å². The van der Waals surface area contributed by atoms with Crippen LogP contribution in [0.3, 0.4) is 0 Å². The maximum absolute atomic E-state index is 12.3. The molecule has 1 amide bonds. The van der Waals surface area contributed by atoms with Crippen LogP contribution in [0.1, 0.15) is 35.2 Å². The van der Waals surface area contributed by atoms with Crippen molar-refractivity contribution in [3.8, 4) is 0 Å². The van der Waals surface area contributed by atoms with Gasteiger partial charge in [0, 0.05) is 19.3 Å². The molecule has 3 rings (SSSR count). The molecule has 1 fully saturated rings. The normalized spacial score (nSPS) is 16.6. The van der Waals surface area contributed by atoms with Crippen LogP contribution in [-0.4, -0.2) is 33.7 Å². The van der Waals surface area contributed by atoms with E-state index in [4.69, 9.17) is 10.2 Å². The van der Waals surface area contributed by atoms with Crippen LogP contribution in [0.15, 0.2) is 28.8 Å². The first-order chi connectivity index (χ1) is 9.63. The van der Waals surface area contributed by atoms with Crippen LogP contribution in [0.4, 0.5) is 5.82 Å². The van der Waals surface area contributed by atoms with Gasteiger partial charge in [0.25, 0.3) is 5.91 Å². The van der Waals surface area contributed by atoms with Crippen molar-refractivity contribution in [2.24, 2.45) is 0 Å².